The minimum Gasteiger partial charge on any atom is -0.192 e. The van der Waals surface area contributed by atoms with Crippen molar-refractivity contribution in [2.24, 2.45) is 0 Å². The Labute approximate surface area is 162 Å². The molecule has 0 amide bonds. The lowest BCUT2D eigenvalue weighted by molar-refractivity contribution is 0.667. The van der Waals surface area contributed by atoms with E-state index in [0.29, 0.717) is 5.56 Å². The summed E-state index contributed by atoms with van der Waals surface area (Å²) in [6, 6.07) is 23.9. The van der Waals surface area contributed by atoms with Gasteiger partial charge in [-0.05, 0) is 70.3 Å². The quantitative estimate of drug-likeness (QED) is 0.346. The Kier molecular flexibility index (Phi) is 5.07. The van der Waals surface area contributed by atoms with Gasteiger partial charge >= 0.3 is 0 Å². The Morgan fingerprint density at radius 1 is 0.778 bits per heavy atom. The third kappa shape index (κ3) is 3.67. The Morgan fingerprint density at radius 2 is 1.48 bits per heavy atom. The Morgan fingerprint density at radius 3 is 2.22 bits per heavy atom. The average Bonchev–Trinajstić information content (AvgIpc) is 3.08. The van der Waals surface area contributed by atoms with Crippen molar-refractivity contribution in [3.05, 3.63) is 82.9 Å². The van der Waals surface area contributed by atoms with Gasteiger partial charge in [0.25, 0.3) is 0 Å². The first-order valence-electron chi connectivity index (χ1n) is 10.0. The summed E-state index contributed by atoms with van der Waals surface area (Å²) in [5, 5.41) is 8.98. The molecule has 0 spiro atoms. The van der Waals surface area contributed by atoms with Gasteiger partial charge in [0.1, 0.15) is 0 Å². The van der Waals surface area contributed by atoms with E-state index in [2.05, 4.69) is 49.4 Å². The lowest BCUT2D eigenvalue weighted by atomic mass is 9.98. The van der Waals surface area contributed by atoms with Crippen molar-refractivity contribution in [1.82, 2.24) is 0 Å². The van der Waals surface area contributed by atoms with Crippen LogP contribution in [0.15, 0.2) is 60.7 Å². The fraction of sp³-hybridized carbons (Fsp3) is 0.269. The van der Waals surface area contributed by atoms with Crippen LogP contribution in [0.25, 0.3) is 22.3 Å². The molecule has 0 aromatic heterocycles. The van der Waals surface area contributed by atoms with Gasteiger partial charge in [0.15, 0.2) is 0 Å². The highest BCUT2D eigenvalue weighted by Gasteiger charge is 2.19. The predicted molar refractivity (Wildman–Crippen MR) is 113 cm³/mol. The van der Waals surface area contributed by atoms with Crippen molar-refractivity contribution in [3.63, 3.8) is 0 Å². The van der Waals surface area contributed by atoms with Crippen LogP contribution in [0, 0.1) is 11.3 Å². The minimum atomic E-state index is 0.707. The van der Waals surface area contributed by atoms with E-state index in [1.807, 2.05) is 24.3 Å². The zero-order valence-corrected chi connectivity index (χ0v) is 16.0. The Balaban J connectivity index is 1.54. The molecule has 0 saturated heterocycles. The maximum atomic E-state index is 8.98. The molecule has 0 aliphatic heterocycles. The maximum absolute atomic E-state index is 8.98. The van der Waals surface area contributed by atoms with Crippen LogP contribution >= 0.6 is 0 Å². The van der Waals surface area contributed by atoms with Crippen LogP contribution in [0.5, 0.6) is 0 Å². The van der Waals surface area contributed by atoms with Crippen LogP contribution in [0.4, 0.5) is 0 Å². The van der Waals surface area contributed by atoms with Crippen LogP contribution in [-0.4, -0.2) is 0 Å². The molecule has 27 heavy (non-hydrogen) atoms. The fourth-order valence-electron chi connectivity index (χ4n) is 4.09. The largest absolute Gasteiger partial charge is 0.192 e. The third-order valence-electron chi connectivity index (χ3n) is 5.61. The molecule has 3 aromatic carbocycles. The van der Waals surface area contributed by atoms with Gasteiger partial charge in [-0.15, -0.1) is 0 Å². The second-order valence-corrected chi connectivity index (χ2v) is 7.54. The van der Waals surface area contributed by atoms with Crippen molar-refractivity contribution < 1.29 is 0 Å². The van der Waals surface area contributed by atoms with Crippen LogP contribution in [0.3, 0.4) is 0 Å². The smallest absolute Gasteiger partial charge is 0.0991 e. The summed E-state index contributed by atoms with van der Waals surface area (Å²) < 4.78 is 0. The highest BCUT2D eigenvalue weighted by molar-refractivity contribution is 5.80. The lowest BCUT2D eigenvalue weighted by Gasteiger charge is -2.06. The SMILES string of the molecule is CCCCCCc1ccc2c(c1)Cc1cc(-c3ccc(C#N)cc3)ccc1-2. The number of benzene rings is 3. The van der Waals surface area contributed by atoms with Crippen molar-refractivity contribution in [2.45, 2.75) is 45.4 Å². The van der Waals surface area contributed by atoms with Gasteiger partial charge in [-0.1, -0.05) is 74.7 Å². The maximum Gasteiger partial charge on any atom is 0.0991 e. The fourth-order valence-corrected chi connectivity index (χ4v) is 4.09. The number of aryl methyl sites for hydroxylation is 1. The standard InChI is InChI=1S/C26H25N/c1-2-3-4-5-6-19-9-13-25-23(15-19)17-24-16-22(12-14-26(24)25)21-10-7-20(18-27)8-11-21/h7-16H,2-6,17H2,1H3. The summed E-state index contributed by atoms with van der Waals surface area (Å²) in [6.07, 6.45) is 7.48. The zero-order chi connectivity index (χ0) is 18.6. The van der Waals surface area contributed by atoms with Crippen LogP contribution in [0.2, 0.25) is 0 Å². The monoisotopic (exact) mass is 351 g/mol. The summed E-state index contributed by atoms with van der Waals surface area (Å²) >= 11 is 0. The number of fused-ring (bicyclic) bond motifs is 3. The molecule has 0 atom stereocenters. The second-order valence-electron chi connectivity index (χ2n) is 7.54. The molecule has 0 heterocycles. The zero-order valence-electron chi connectivity index (χ0n) is 16.0. The van der Waals surface area contributed by atoms with E-state index >= 15 is 0 Å². The van der Waals surface area contributed by atoms with Crippen molar-refractivity contribution >= 4 is 0 Å². The molecule has 3 aromatic rings. The van der Waals surface area contributed by atoms with Gasteiger partial charge in [-0.3, -0.25) is 0 Å². The average molecular weight is 351 g/mol. The van der Waals surface area contributed by atoms with E-state index in [4.69, 9.17) is 5.26 Å². The Hall–Kier alpha value is -2.85. The third-order valence-corrected chi connectivity index (χ3v) is 5.61. The van der Waals surface area contributed by atoms with E-state index < -0.39 is 0 Å². The van der Waals surface area contributed by atoms with E-state index in [-0.39, 0.29) is 0 Å². The van der Waals surface area contributed by atoms with Crippen molar-refractivity contribution in [1.29, 1.82) is 5.26 Å². The van der Waals surface area contributed by atoms with Crippen LogP contribution < -0.4 is 0 Å². The molecule has 0 fully saturated rings. The van der Waals surface area contributed by atoms with Crippen molar-refractivity contribution in [3.8, 4) is 28.3 Å². The highest BCUT2D eigenvalue weighted by atomic mass is 14.2. The predicted octanol–water partition coefficient (Wildman–Crippen LogP) is 6.92. The summed E-state index contributed by atoms with van der Waals surface area (Å²) in [7, 11) is 0. The summed E-state index contributed by atoms with van der Waals surface area (Å²) in [4.78, 5) is 0. The molecule has 1 nitrogen and oxygen atoms in total. The number of nitrogens with zero attached hydrogens (tertiary/aromatic N) is 1. The number of unbranched alkanes of at least 4 members (excludes halogenated alkanes) is 3. The Bertz CT molecular complexity index is 990. The number of hydrogen-bond donors (Lipinski definition) is 0. The molecule has 1 aliphatic rings. The van der Waals surface area contributed by atoms with Gasteiger partial charge in [0.2, 0.25) is 0 Å². The van der Waals surface area contributed by atoms with E-state index in [1.165, 1.54) is 71.0 Å². The molecule has 4 rings (SSSR count). The first-order valence-corrected chi connectivity index (χ1v) is 10.0. The second kappa shape index (κ2) is 7.80. The van der Waals surface area contributed by atoms with Crippen LogP contribution in [-0.2, 0) is 12.8 Å². The minimum absolute atomic E-state index is 0.707. The number of hydrogen-bond acceptors (Lipinski definition) is 1. The van der Waals surface area contributed by atoms with E-state index in [0.717, 1.165) is 6.42 Å². The molecular formula is C26H25N. The number of nitriles is 1. The topological polar surface area (TPSA) is 23.8 Å². The van der Waals surface area contributed by atoms with Gasteiger partial charge in [-0.25, -0.2) is 0 Å². The molecule has 0 saturated carbocycles. The first-order chi connectivity index (χ1) is 13.3. The van der Waals surface area contributed by atoms with E-state index in [9.17, 15) is 0 Å². The molecule has 1 heteroatoms. The summed E-state index contributed by atoms with van der Waals surface area (Å²) in [5.74, 6) is 0. The highest BCUT2D eigenvalue weighted by Crippen LogP contribution is 2.39. The summed E-state index contributed by atoms with van der Waals surface area (Å²) in [5.41, 5.74) is 10.2. The van der Waals surface area contributed by atoms with Gasteiger partial charge in [0, 0.05) is 0 Å². The molecule has 0 bridgehead atoms. The van der Waals surface area contributed by atoms with Gasteiger partial charge < -0.3 is 0 Å². The molecule has 0 N–H and O–H groups in total. The van der Waals surface area contributed by atoms with Crippen molar-refractivity contribution in [2.75, 3.05) is 0 Å². The normalized spacial score (nSPS) is 11.7. The first kappa shape index (κ1) is 17.6. The molecule has 0 radical (unpaired) electrons. The summed E-state index contributed by atoms with van der Waals surface area (Å²) in [6.45, 7) is 2.26. The molecule has 134 valence electrons. The molecule has 1 aliphatic carbocycles. The molecule has 0 unspecified atom stereocenters. The van der Waals surface area contributed by atoms with Gasteiger partial charge in [-0.2, -0.15) is 5.26 Å². The van der Waals surface area contributed by atoms with Gasteiger partial charge in [0.05, 0.1) is 11.6 Å². The lowest BCUT2D eigenvalue weighted by Crippen LogP contribution is -1.89. The molecular weight excluding hydrogens is 326 g/mol. The van der Waals surface area contributed by atoms with E-state index in [1.54, 1.807) is 0 Å². The number of rotatable bonds is 6. The van der Waals surface area contributed by atoms with Crippen LogP contribution in [0.1, 0.15) is 54.9 Å².